The lowest BCUT2D eigenvalue weighted by Gasteiger charge is -2.41. The SMILES string of the molecule is CCc1ccc(CN(C)C(=O)C2(CN)CCC2)cc1. The zero-order valence-corrected chi connectivity index (χ0v) is 12.0. The van der Waals surface area contributed by atoms with E-state index in [1.165, 1.54) is 11.1 Å². The number of nitrogens with two attached hydrogens (primary N) is 1. The van der Waals surface area contributed by atoms with Crippen LogP contribution in [0, 0.1) is 5.41 Å². The number of amides is 1. The number of benzene rings is 1. The molecule has 2 N–H and O–H groups in total. The molecule has 1 aliphatic rings. The van der Waals surface area contributed by atoms with Gasteiger partial charge in [0.25, 0.3) is 0 Å². The monoisotopic (exact) mass is 260 g/mol. The first kappa shape index (κ1) is 14.1. The predicted octanol–water partition coefficient (Wildman–Crippen LogP) is 2.34. The van der Waals surface area contributed by atoms with E-state index < -0.39 is 0 Å². The molecule has 104 valence electrons. The van der Waals surface area contributed by atoms with Crippen molar-refractivity contribution in [3.8, 4) is 0 Å². The zero-order chi connectivity index (χ0) is 13.9. The summed E-state index contributed by atoms with van der Waals surface area (Å²) in [5.74, 6) is 0.209. The molecular weight excluding hydrogens is 236 g/mol. The third kappa shape index (κ3) is 2.81. The number of carbonyl (C=O) groups is 1. The topological polar surface area (TPSA) is 46.3 Å². The average Bonchev–Trinajstić information content (AvgIpc) is 2.39. The van der Waals surface area contributed by atoms with Crippen molar-refractivity contribution in [1.29, 1.82) is 0 Å². The Morgan fingerprint density at radius 2 is 1.84 bits per heavy atom. The quantitative estimate of drug-likeness (QED) is 0.883. The molecule has 0 atom stereocenters. The van der Waals surface area contributed by atoms with Crippen LogP contribution < -0.4 is 5.73 Å². The van der Waals surface area contributed by atoms with Crippen LogP contribution in [0.1, 0.15) is 37.3 Å². The van der Waals surface area contributed by atoms with Crippen molar-refractivity contribution < 1.29 is 4.79 Å². The highest BCUT2D eigenvalue weighted by Gasteiger charge is 2.44. The Balaban J connectivity index is 1.99. The van der Waals surface area contributed by atoms with Crippen molar-refractivity contribution in [1.82, 2.24) is 4.90 Å². The fraction of sp³-hybridized carbons (Fsp3) is 0.562. The van der Waals surface area contributed by atoms with Crippen LogP contribution in [-0.2, 0) is 17.8 Å². The third-order valence-corrected chi connectivity index (χ3v) is 4.35. The van der Waals surface area contributed by atoms with Gasteiger partial charge in [-0.15, -0.1) is 0 Å². The molecular formula is C16H24N2O. The summed E-state index contributed by atoms with van der Waals surface area (Å²) in [6, 6.07) is 8.49. The van der Waals surface area contributed by atoms with Gasteiger partial charge in [-0.2, -0.15) is 0 Å². The number of aryl methyl sites for hydroxylation is 1. The largest absolute Gasteiger partial charge is 0.341 e. The Morgan fingerprint density at radius 1 is 1.26 bits per heavy atom. The molecule has 1 aromatic rings. The Hall–Kier alpha value is -1.35. The lowest BCUT2D eigenvalue weighted by atomic mass is 9.68. The molecule has 1 aliphatic carbocycles. The van der Waals surface area contributed by atoms with E-state index in [0.29, 0.717) is 13.1 Å². The van der Waals surface area contributed by atoms with E-state index in [1.54, 1.807) is 0 Å². The normalized spacial score (nSPS) is 16.8. The van der Waals surface area contributed by atoms with E-state index in [-0.39, 0.29) is 11.3 Å². The second-order valence-corrected chi connectivity index (χ2v) is 5.67. The van der Waals surface area contributed by atoms with Gasteiger partial charge in [-0.25, -0.2) is 0 Å². The summed E-state index contributed by atoms with van der Waals surface area (Å²) >= 11 is 0. The van der Waals surface area contributed by atoms with Gasteiger partial charge in [-0.05, 0) is 30.4 Å². The van der Waals surface area contributed by atoms with Gasteiger partial charge in [0.2, 0.25) is 5.91 Å². The van der Waals surface area contributed by atoms with Crippen LogP contribution in [0.25, 0.3) is 0 Å². The molecule has 1 aromatic carbocycles. The van der Waals surface area contributed by atoms with E-state index in [4.69, 9.17) is 5.73 Å². The van der Waals surface area contributed by atoms with E-state index in [1.807, 2.05) is 11.9 Å². The van der Waals surface area contributed by atoms with Crippen LogP contribution in [-0.4, -0.2) is 24.4 Å². The molecule has 1 amide bonds. The van der Waals surface area contributed by atoms with Gasteiger partial charge >= 0.3 is 0 Å². The van der Waals surface area contributed by atoms with Crippen molar-refractivity contribution in [2.24, 2.45) is 11.1 Å². The van der Waals surface area contributed by atoms with Gasteiger partial charge < -0.3 is 10.6 Å². The predicted molar refractivity (Wildman–Crippen MR) is 77.6 cm³/mol. The first-order valence-electron chi connectivity index (χ1n) is 7.15. The molecule has 0 aliphatic heterocycles. The van der Waals surface area contributed by atoms with Gasteiger partial charge in [0.1, 0.15) is 0 Å². The number of hydrogen-bond donors (Lipinski definition) is 1. The standard InChI is InChI=1S/C16H24N2O/c1-3-13-5-7-14(8-6-13)11-18(2)15(19)16(12-17)9-4-10-16/h5-8H,3-4,9-12,17H2,1-2H3. The molecule has 2 rings (SSSR count). The van der Waals surface area contributed by atoms with Crippen molar-refractivity contribution in [2.45, 2.75) is 39.2 Å². The first-order chi connectivity index (χ1) is 9.11. The molecule has 0 spiro atoms. The van der Waals surface area contributed by atoms with E-state index in [2.05, 4.69) is 31.2 Å². The number of nitrogens with zero attached hydrogens (tertiary/aromatic N) is 1. The van der Waals surface area contributed by atoms with Crippen molar-refractivity contribution in [3.63, 3.8) is 0 Å². The van der Waals surface area contributed by atoms with Gasteiger partial charge in [0, 0.05) is 20.1 Å². The lowest BCUT2D eigenvalue weighted by molar-refractivity contribution is -0.145. The van der Waals surface area contributed by atoms with E-state index >= 15 is 0 Å². The zero-order valence-electron chi connectivity index (χ0n) is 12.0. The smallest absolute Gasteiger partial charge is 0.230 e. The summed E-state index contributed by atoms with van der Waals surface area (Å²) in [5.41, 5.74) is 8.03. The highest BCUT2D eigenvalue weighted by atomic mass is 16.2. The maximum absolute atomic E-state index is 12.5. The molecule has 0 aromatic heterocycles. The molecule has 0 unspecified atom stereocenters. The van der Waals surface area contributed by atoms with Crippen LogP contribution in [0.2, 0.25) is 0 Å². The molecule has 3 nitrogen and oxygen atoms in total. The van der Waals surface area contributed by atoms with Crippen LogP contribution >= 0.6 is 0 Å². The molecule has 0 heterocycles. The molecule has 0 radical (unpaired) electrons. The first-order valence-corrected chi connectivity index (χ1v) is 7.15. The third-order valence-electron chi connectivity index (χ3n) is 4.35. The summed E-state index contributed by atoms with van der Waals surface area (Å²) in [5, 5.41) is 0. The van der Waals surface area contributed by atoms with Crippen LogP contribution in [0.3, 0.4) is 0 Å². The second-order valence-electron chi connectivity index (χ2n) is 5.67. The van der Waals surface area contributed by atoms with Crippen LogP contribution in [0.15, 0.2) is 24.3 Å². The summed E-state index contributed by atoms with van der Waals surface area (Å²) in [4.78, 5) is 14.3. The fourth-order valence-electron chi connectivity index (χ4n) is 2.74. The van der Waals surface area contributed by atoms with Crippen molar-refractivity contribution in [2.75, 3.05) is 13.6 Å². The fourth-order valence-corrected chi connectivity index (χ4v) is 2.74. The average molecular weight is 260 g/mol. The van der Waals surface area contributed by atoms with E-state index in [9.17, 15) is 4.79 Å². The highest BCUT2D eigenvalue weighted by molar-refractivity contribution is 5.83. The Bertz CT molecular complexity index is 429. The molecule has 19 heavy (non-hydrogen) atoms. The molecule has 0 saturated heterocycles. The summed E-state index contributed by atoms with van der Waals surface area (Å²) < 4.78 is 0. The van der Waals surface area contributed by atoms with Crippen LogP contribution in [0.4, 0.5) is 0 Å². The van der Waals surface area contributed by atoms with Gasteiger partial charge in [-0.3, -0.25) is 4.79 Å². The Morgan fingerprint density at radius 3 is 2.26 bits per heavy atom. The van der Waals surface area contributed by atoms with Crippen molar-refractivity contribution >= 4 is 5.91 Å². The van der Waals surface area contributed by atoms with E-state index in [0.717, 1.165) is 25.7 Å². The number of hydrogen-bond acceptors (Lipinski definition) is 2. The Kier molecular flexibility index (Phi) is 4.25. The van der Waals surface area contributed by atoms with Gasteiger partial charge in [-0.1, -0.05) is 37.6 Å². The molecule has 3 heteroatoms. The number of carbonyl (C=O) groups excluding carboxylic acids is 1. The van der Waals surface area contributed by atoms with Gasteiger partial charge in [0.05, 0.1) is 5.41 Å². The summed E-state index contributed by atoms with van der Waals surface area (Å²) in [6.45, 7) is 3.29. The number of rotatable bonds is 5. The molecule has 1 saturated carbocycles. The van der Waals surface area contributed by atoms with Crippen molar-refractivity contribution in [3.05, 3.63) is 35.4 Å². The second kappa shape index (κ2) is 5.74. The maximum Gasteiger partial charge on any atom is 0.230 e. The molecule has 1 fully saturated rings. The van der Waals surface area contributed by atoms with Crippen LogP contribution in [0.5, 0.6) is 0 Å². The lowest BCUT2D eigenvalue weighted by Crippen LogP contribution is -2.50. The summed E-state index contributed by atoms with van der Waals surface area (Å²) in [7, 11) is 1.88. The Labute approximate surface area is 115 Å². The minimum absolute atomic E-state index is 0.209. The van der Waals surface area contributed by atoms with Gasteiger partial charge in [0.15, 0.2) is 0 Å². The minimum Gasteiger partial charge on any atom is -0.341 e. The minimum atomic E-state index is -0.266. The highest BCUT2D eigenvalue weighted by Crippen LogP contribution is 2.41. The summed E-state index contributed by atoms with van der Waals surface area (Å²) in [6.07, 6.45) is 4.07. The maximum atomic E-state index is 12.5. The molecule has 0 bridgehead atoms.